The van der Waals surface area contributed by atoms with Gasteiger partial charge in [0.05, 0.1) is 19.1 Å². The molecule has 0 saturated carbocycles. The minimum Gasteiger partial charge on any atom is -0.497 e. The standard InChI is InChI=1S/C16H14ClN3O5S/c1-24-11-5-9(6-12(8-11)25-2)15(21)19-16(26)18-10-3-4-13(17)14(7-10)20(22)23/h3-8H,1-2H3,(H2,18,19,21,26). The molecule has 10 heteroatoms. The SMILES string of the molecule is COc1cc(OC)cc(C(=O)NC(=S)Nc2ccc(Cl)c([N+](=O)[O-])c2)c1. The minimum absolute atomic E-state index is 0.000945. The molecule has 2 N–H and O–H groups in total. The number of hydrogen-bond donors (Lipinski definition) is 2. The van der Waals surface area contributed by atoms with Crippen molar-refractivity contribution in [3.8, 4) is 11.5 Å². The Kier molecular flexibility index (Phi) is 6.31. The number of halogens is 1. The number of hydrogen-bond acceptors (Lipinski definition) is 6. The summed E-state index contributed by atoms with van der Waals surface area (Å²) < 4.78 is 10.2. The van der Waals surface area contributed by atoms with Gasteiger partial charge in [-0.25, -0.2) is 0 Å². The van der Waals surface area contributed by atoms with Gasteiger partial charge < -0.3 is 14.8 Å². The number of rotatable bonds is 5. The molecule has 8 nitrogen and oxygen atoms in total. The van der Waals surface area contributed by atoms with Crippen molar-refractivity contribution in [3.05, 3.63) is 57.1 Å². The first-order chi connectivity index (χ1) is 12.3. The topological polar surface area (TPSA) is 103 Å². The van der Waals surface area contributed by atoms with Crippen LogP contribution in [0.3, 0.4) is 0 Å². The average molecular weight is 396 g/mol. The molecule has 0 aromatic heterocycles. The Balaban J connectivity index is 2.12. The van der Waals surface area contributed by atoms with Crippen LogP contribution >= 0.6 is 23.8 Å². The van der Waals surface area contributed by atoms with Crippen LogP contribution < -0.4 is 20.1 Å². The second kappa shape index (κ2) is 8.45. The Morgan fingerprint density at radius 3 is 2.31 bits per heavy atom. The molecule has 0 atom stereocenters. The molecule has 136 valence electrons. The van der Waals surface area contributed by atoms with Crippen LogP contribution in [0.5, 0.6) is 11.5 Å². The van der Waals surface area contributed by atoms with Crippen molar-refractivity contribution in [3.63, 3.8) is 0 Å². The van der Waals surface area contributed by atoms with Gasteiger partial charge in [0.2, 0.25) is 0 Å². The molecule has 0 bridgehead atoms. The fourth-order valence-electron chi connectivity index (χ4n) is 2.01. The molecule has 2 rings (SSSR count). The molecule has 0 fully saturated rings. The molecule has 0 aliphatic heterocycles. The summed E-state index contributed by atoms with van der Waals surface area (Å²) >= 11 is 10.8. The van der Waals surface area contributed by atoms with Gasteiger partial charge in [0.15, 0.2) is 5.11 Å². The van der Waals surface area contributed by atoms with Crippen LogP contribution in [0.2, 0.25) is 5.02 Å². The van der Waals surface area contributed by atoms with E-state index in [0.29, 0.717) is 17.2 Å². The van der Waals surface area contributed by atoms with E-state index in [0.717, 1.165) is 0 Å². The number of benzene rings is 2. The highest BCUT2D eigenvalue weighted by molar-refractivity contribution is 7.80. The molecular formula is C16H14ClN3O5S. The van der Waals surface area contributed by atoms with Crippen molar-refractivity contribution in [1.82, 2.24) is 5.32 Å². The molecular weight excluding hydrogens is 382 g/mol. The maximum absolute atomic E-state index is 12.3. The van der Waals surface area contributed by atoms with Crippen molar-refractivity contribution in [2.45, 2.75) is 0 Å². The monoisotopic (exact) mass is 395 g/mol. The molecule has 0 unspecified atom stereocenters. The van der Waals surface area contributed by atoms with E-state index in [1.165, 1.54) is 44.6 Å². The van der Waals surface area contributed by atoms with Crippen LogP contribution in [0.4, 0.5) is 11.4 Å². The quantitative estimate of drug-likeness (QED) is 0.454. The third kappa shape index (κ3) is 4.80. The molecule has 0 heterocycles. The normalized spacial score (nSPS) is 9.96. The van der Waals surface area contributed by atoms with Crippen LogP contribution in [0.15, 0.2) is 36.4 Å². The lowest BCUT2D eigenvalue weighted by Gasteiger charge is -2.11. The lowest BCUT2D eigenvalue weighted by molar-refractivity contribution is -0.384. The second-order valence-electron chi connectivity index (χ2n) is 4.93. The summed E-state index contributed by atoms with van der Waals surface area (Å²) in [5, 5.41) is 16.0. The van der Waals surface area contributed by atoms with E-state index in [2.05, 4.69) is 10.6 Å². The van der Waals surface area contributed by atoms with Crippen LogP contribution in [0.1, 0.15) is 10.4 Å². The molecule has 0 spiro atoms. The predicted octanol–water partition coefficient (Wildman–Crippen LogP) is 3.39. The van der Waals surface area contributed by atoms with E-state index in [9.17, 15) is 14.9 Å². The fraction of sp³-hybridized carbons (Fsp3) is 0.125. The van der Waals surface area contributed by atoms with E-state index in [4.69, 9.17) is 33.3 Å². The number of carbonyl (C=O) groups is 1. The number of anilines is 1. The van der Waals surface area contributed by atoms with Crippen LogP contribution in [-0.2, 0) is 0 Å². The Bertz CT molecular complexity index is 853. The highest BCUT2D eigenvalue weighted by atomic mass is 35.5. The number of nitrogens with one attached hydrogen (secondary N) is 2. The largest absolute Gasteiger partial charge is 0.497 e. The number of methoxy groups -OCH3 is 2. The molecule has 2 aromatic rings. The summed E-state index contributed by atoms with van der Waals surface area (Å²) in [6.07, 6.45) is 0. The van der Waals surface area contributed by atoms with Gasteiger partial charge in [-0.15, -0.1) is 0 Å². The number of carbonyl (C=O) groups excluding carboxylic acids is 1. The number of nitrogens with zero attached hydrogens (tertiary/aromatic N) is 1. The zero-order valence-electron chi connectivity index (χ0n) is 13.7. The number of nitro groups is 1. The Morgan fingerprint density at radius 1 is 1.15 bits per heavy atom. The van der Waals surface area contributed by atoms with E-state index in [1.54, 1.807) is 6.07 Å². The Labute approximate surface area is 159 Å². The summed E-state index contributed by atoms with van der Waals surface area (Å²) in [7, 11) is 2.94. The van der Waals surface area contributed by atoms with Gasteiger partial charge in [-0.05, 0) is 36.5 Å². The first-order valence-corrected chi connectivity index (χ1v) is 7.92. The van der Waals surface area contributed by atoms with Gasteiger partial charge in [-0.3, -0.25) is 20.2 Å². The highest BCUT2D eigenvalue weighted by Crippen LogP contribution is 2.27. The number of amides is 1. The third-order valence-electron chi connectivity index (χ3n) is 3.24. The van der Waals surface area contributed by atoms with Crippen molar-refractivity contribution < 1.29 is 19.2 Å². The summed E-state index contributed by atoms with van der Waals surface area (Å²) in [6.45, 7) is 0. The van der Waals surface area contributed by atoms with Gasteiger partial charge in [0.1, 0.15) is 16.5 Å². The molecule has 0 radical (unpaired) electrons. The molecule has 0 saturated heterocycles. The first-order valence-electron chi connectivity index (χ1n) is 7.13. The van der Waals surface area contributed by atoms with Crippen molar-refractivity contribution >= 4 is 46.2 Å². The van der Waals surface area contributed by atoms with E-state index >= 15 is 0 Å². The smallest absolute Gasteiger partial charge is 0.289 e. The fourth-order valence-corrected chi connectivity index (χ4v) is 2.40. The Hall–Kier alpha value is -2.91. The average Bonchev–Trinajstić information content (AvgIpc) is 2.62. The van der Waals surface area contributed by atoms with Gasteiger partial charge in [0, 0.05) is 23.4 Å². The summed E-state index contributed by atoms with van der Waals surface area (Å²) in [6, 6.07) is 8.75. The van der Waals surface area contributed by atoms with Crippen molar-refractivity contribution in [1.29, 1.82) is 0 Å². The van der Waals surface area contributed by atoms with E-state index in [-0.39, 0.29) is 21.4 Å². The predicted molar refractivity (Wildman–Crippen MR) is 101 cm³/mol. The lowest BCUT2D eigenvalue weighted by atomic mass is 10.2. The van der Waals surface area contributed by atoms with Gasteiger partial charge in [-0.2, -0.15) is 0 Å². The summed E-state index contributed by atoms with van der Waals surface area (Å²) in [4.78, 5) is 22.6. The van der Waals surface area contributed by atoms with Crippen LogP contribution in [0.25, 0.3) is 0 Å². The first kappa shape index (κ1) is 19.4. The minimum atomic E-state index is -0.613. The number of ether oxygens (including phenoxy) is 2. The van der Waals surface area contributed by atoms with Gasteiger partial charge in [0.25, 0.3) is 11.6 Å². The third-order valence-corrected chi connectivity index (χ3v) is 3.77. The second-order valence-corrected chi connectivity index (χ2v) is 5.75. The summed E-state index contributed by atoms with van der Waals surface area (Å²) in [5.74, 6) is 0.395. The zero-order valence-corrected chi connectivity index (χ0v) is 15.3. The number of nitro benzene ring substituents is 1. The zero-order chi connectivity index (χ0) is 19.3. The maximum atomic E-state index is 12.3. The molecule has 2 aromatic carbocycles. The number of thiocarbonyl (C=S) groups is 1. The van der Waals surface area contributed by atoms with Gasteiger partial charge in [-0.1, -0.05) is 11.6 Å². The summed E-state index contributed by atoms with van der Waals surface area (Å²) in [5.41, 5.74) is 0.311. The Morgan fingerprint density at radius 2 is 1.77 bits per heavy atom. The maximum Gasteiger partial charge on any atom is 0.289 e. The van der Waals surface area contributed by atoms with Crippen LogP contribution in [0, 0.1) is 10.1 Å². The van der Waals surface area contributed by atoms with E-state index in [1.807, 2.05) is 0 Å². The highest BCUT2D eigenvalue weighted by Gasteiger charge is 2.15. The lowest BCUT2D eigenvalue weighted by Crippen LogP contribution is -2.34. The van der Waals surface area contributed by atoms with E-state index < -0.39 is 10.8 Å². The molecule has 26 heavy (non-hydrogen) atoms. The van der Waals surface area contributed by atoms with Crippen LogP contribution in [-0.4, -0.2) is 30.2 Å². The van der Waals surface area contributed by atoms with Crippen molar-refractivity contribution in [2.75, 3.05) is 19.5 Å². The van der Waals surface area contributed by atoms with Gasteiger partial charge >= 0.3 is 0 Å². The van der Waals surface area contributed by atoms with Crippen molar-refractivity contribution in [2.24, 2.45) is 0 Å². The molecule has 0 aliphatic rings. The molecule has 1 amide bonds. The molecule has 0 aliphatic carbocycles.